The highest BCUT2D eigenvalue weighted by Gasteiger charge is 1.96. The van der Waals surface area contributed by atoms with Crippen LogP contribution in [0.5, 0.6) is 5.75 Å². The number of rotatable bonds is 1. The van der Waals surface area contributed by atoms with Crippen LogP contribution in [0, 0.1) is 0 Å². The number of hydrogen-bond donors (Lipinski definition) is 2. The molecule has 3 N–H and O–H groups in total. The number of primary amides is 1. The Morgan fingerprint density at radius 3 is 2.69 bits per heavy atom. The van der Waals surface area contributed by atoms with Crippen LogP contribution >= 0.6 is 0 Å². The van der Waals surface area contributed by atoms with E-state index in [0.29, 0.717) is 0 Å². The molecule has 16 heavy (non-hydrogen) atoms. The molecular weight excluding hydrogens is 204 g/mol. The molecule has 1 aromatic heterocycles. The van der Waals surface area contributed by atoms with Crippen LogP contribution in [0.2, 0.25) is 0 Å². The van der Waals surface area contributed by atoms with Crippen molar-refractivity contribution in [1.82, 2.24) is 4.98 Å². The second kappa shape index (κ2) is 5.50. The molecule has 0 saturated carbocycles. The van der Waals surface area contributed by atoms with E-state index in [-0.39, 0.29) is 12.2 Å². The third kappa shape index (κ3) is 2.81. The predicted octanol–water partition coefficient (Wildman–Crippen LogP) is 1.68. The highest BCUT2D eigenvalue weighted by Crippen LogP contribution is 2.18. The van der Waals surface area contributed by atoms with E-state index in [4.69, 9.17) is 4.79 Å². The highest BCUT2D eigenvalue weighted by atomic mass is 16.3. The molecule has 1 amide bonds. The van der Waals surface area contributed by atoms with Crippen LogP contribution in [0.15, 0.2) is 37.0 Å². The van der Waals surface area contributed by atoms with Gasteiger partial charge in [-0.25, -0.2) is 0 Å². The number of carbonyl (C=O) groups is 1. The van der Waals surface area contributed by atoms with E-state index in [2.05, 4.69) is 17.3 Å². The number of hydrogen-bond acceptors (Lipinski definition) is 3. The van der Waals surface area contributed by atoms with Gasteiger partial charge in [0.1, 0.15) is 5.75 Å². The number of nitrogens with two attached hydrogens (primary N) is 1. The summed E-state index contributed by atoms with van der Waals surface area (Å²) in [6, 6.07) is 7.11. The Morgan fingerprint density at radius 2 is 2.06 bits per heavy atom. The molecule has 0 radical (unpaired) electrons. The van der Waals surface area contributed by atoms with Crippen LogP contribution in [0.3, 0.4) is 0 Å². The molecule has 0 aliphatic carbocycles. The lowest BCUT2D eigenvalue weighted by Crippen LogP contribution is -1.82. The molecule has 0 aliphatic rings. The third-order valence-electron chi connectivity index (χ3n) is 1.92. The van der Waals surface area contributed by atoms with Crippen molar-refractivity contribution in [2.45, 2.75) is 0 Å². The maximum Gasteiger partial charge on any atom is 0.204 e. The van der Waals surface area contributed by atoms with Crippen LogP contribution < -0.4 is 5.73 Å². The van der Waals surface area contributed by atoms with Gasteiger partial charge in [-0.3, -0.25) is 9.78 Å². The van der Waals surface area contributed by atoms with Gasteiger partial charge in [-0.2, -0.15) is 0 Å². The number of carbonyl (C=O) groups excluding carboxylic acids is 1. The predicted molar refractivity (Wildman–Crippen MR) is 63.8 cm³/mol. The Morgan fingerprint density at radius 1 is 1.38 bits per heavy atom. The van der Waals surface area contributed by atoms with Crippen LogP contribution in [0.25, 0.3) is 17.0 Å². The van der Waals surface area contributed by atoms with Crippen molar-refractivity contribution in [2.24, 2.45) is 5.73 Å². The summed E-state index contributed by atoms with van der Waals surface area (Å²) < 4.78 is 0. The molecule has 0 unspecified atom stereocenters. The Labute approximate surface area is 93.0 Å². The lowest BCUT2D eigenvalue weighted by atomic mass is 10.1. The zero-order chi connectivity index (χ0) is 12.0. The van der Waals surface area contributed by atoms with E-state index in [9.17, 15) is 5.11 Å². The summed E-state index contributed by atoms with van der Waals surface area (Å²) in [4.78, 5) is 12.8. The normalized spacial score (nSPS) is 9.00. The van der Waals surface area contributed by atoms with E-state index >= 15 is 0 Å². The van der Waals surface area contributed by atoms with Gasteiger partial charge in [-0.05, 0) is 23.8 Å². The Kier molecular flexibility index (Phi) is 4.03. The summed E-state index contributed by atoms with van der Waals surface area (Å²) in [7, 11) is 0. The van der Waals surface area contributed by atoms with Crippen LogP contribution in [0.1, 0.15) is 5.56 Å². The van der Waals surface area contributed by atoms with E-state index < -0.39 is 0 Å². The van der Waals surface area contributed by atoms with Gasteiger partial charge < -0.3 is 10.8 Å². The van der Waals surface area contributed by atoms with Gasteiger partial charge in [0, 0.05) is 17.6 Å². The first-order chi connectivity index (χ1) is 7.71. The minimum atomic E-state index is 0.242. The molecule has 4 heteroatoms. The Hall–Kier alpha value is -2.36. The summed E-state index contributed by atoms with van der Waals surface area (Å²) in [6.07, 6.45) is 3.73. The van der Waals surface area contributed by atoms with Crippen LogP contribution in [-0.4, -0.2) is 16.5 Å². The van der Waals surface area contributed by atoms with Gasteiger partial charge >= 0.3 is 0 Å². The van der Waals surface area contributed by atoms with Gasteiger partial charge in [0.15, 0.2) is 0 Å². The minimum Gasteiger partial charge on any atom is -0.508 e. The summed E-state index contributed by atoms with van der Waals surface area (Å²) in [5.41, 5.74) is 5.95. The fourth-order valence-electron chi connectivity index (χ4n) is 1.24. The number of fused-ring (bicyclic) bond motifs is 1. The number of aromatic hydroxyl groups is 1. The maximum absolute atomic E-state index is 9.20. The summed E-state index contributed by atoms with van der Waals surface area (Å²) in [5, 5.41) is 10.2. The summed E-state index contributed by atoms with van der Waals surface area (Å²) in [6.45, 7) is 3.67. The standard InChI is InChI=1S/C11H9NO.CH3NO/c1-2-8-5-9-3-4-10(13)6-11(9)12-7-8;2-1-3/h2-7,13H,1H2;1H,(H2,2,3). The zero-order valence-electron chi connectivity index (χ0n) is 8.63. The second-order valence-corrected chi connectivity index (χ2v) is 2.99. The molecular formula is C12H12N2O2. The fraction of sp³-hybridized carbons (Fsp3) is 0. The number of phenolic OH excluding ortho intramolecular Hbond substituents is 1. The van der Waals surface area contributed by atoms with Crippen molar-refractivity contribution >= 4 is 23.4 Å². The molecule has 2 aromatic rings. The zero-order valence-corrected chi connectivity index (χ0v) is 8.63. The maximum atomic E-state index is 9.20. The van der Waals surface area contributed by atoms with E-state index in [1.165, 1.54) is 0 Å². The Balaban J connectivity index is 0.000000386. The fourth-order valence-corrected chi connectivity index (χ4v) is 1.24. The van der Waals surface area contributed by atoms with Crippen molar-refractivity contribution in [3.05, 3.63) is 42.6 Å². The second-order valence-electron chi connectivity index (χ2n) is 2.99. The van der Waals surface area contributed by atoms with Gasteiger partial charge in [-0.15, -0.1) is 0 Å². The smallest absolute Gasteiger partial charge is 0.204 e. The summed E-state index contributed by atoms with van der Waals surface area (Å²) >= 11 is 0. The van der Waals surface area contributed by atoms with Crippen molar-refractivity contribution in [2.75, 3.05) is 0 Å². The molecule has 4 nitrogen and oxygen atoms in total. The SMILES string of the molecule is C=Cc1cnc2cc(O)ccc2c1.NC=O. The first-order valence-corrected chi connectivity index (χ1v) is 4.58. The van der Waals surface area contributed by atoms with Crippen LogP contribution in [0.4, 0.5) is 0 Å². The first kappa shape index (κ1) is 11.7. The average molecular weight is 216 g/mol. The monoisotopic (exact) mass is 216 g/mol. The molecule has 0 spiro atoms. The van der Waals surface area contributed by atoms with Gasteiger partial charge in [0.25, 0.3) is 0 Å². The number of aromatic nitrogens is 1. The minimum absolute atomic E-state index is 0.242. The lowest BCUT2D eigenvalue weighted by Gasteiger charge is -1.98. The molecule has 0 aliphatic heterocycles. The van der Waals surface area contributed by atoms with E-state index in [1.54, 1.807) is 24.4 Å². The number of amides is 1. The molecule has 0 saturated heterocycles. The van der Waals surface area contributed by atoms with Crippen molar-refractivity contribution in [3.63, 3.8) is 0 Å². The number of phenols is 1. The molecule has 0 fully saturated rings. The average Bonchev–Trinajstić information content (AvgIpc) is 2.29. The Bertz CT molecular complexity index is 509. The molecule has 0 atom stereocenters. The van der Waals surface area contributed by atoms with Crippen molar-refractivity contribution < 1.29 is 9.90 Å². The van der Waals surface area contributed by atoms with Crippen molar-refractivity contribution in [1.29, 1.82) is 0 Å². The van der Waals surface area contributed by atoms with Crippen LogP contribution in [-0.2, 0) is 4.79 Å². The third-order valence-corrected chi connectivity index (χ3v) is 1.92. The molecule has 0 bridgehead atoms. The number of pyridine rings is 1. The molecule has 82 valence electrons. The van der Waals surface area contributed by atoms with Gasteiger partial charge in [-0.1, -0.05) is 12.7 Å². The highest BCUT2D eigenvalue weighted by molar-refractivity contribution is 5.81. The molecule has 1 aromatic carbocycles. The topological polar surface area (TPSA) is 76.2 Å². The van der Waals surface area contributed by atoms with Crippen molar-refractivity contribution in [3.8, 4) is 5.75 Å². The quantitative estimate of drug-likeness (QED) is 0.712. The number of benzene rings is 1. The lowest BCUT2D eigenvalue weighted by molar-refractivity contribution is -0.106. The summed E-state index contributed by atoms with van der Waals surface area (Å²) in [5.74, 6) is 0.242. The van der Waals surface area contributed by atoms with E-state index in [1.807, 2.05) is 12.1 Å². The molecule has 1 heterocycles. The number of nitrogens with zero attached hydrogens (tertiary/aromatic N) is 1. The van der Waals surface area contributed by atoms with E-state index in [0.717, 1.165) is 16.5 Å². The first-order valence-electron chi connectivity index (χ1n) is 4.58. The largest absolute Gasteiger partial charge is 0.508 e. The molecule has 2 rings (SSSR count). The van der Waals surface area contributed by atoms with Gasteiger partial charge in [0.05, 0.1) is 5.52 Å². The van der Waals surface area contributed by atoms with Gasteiger partial charge in [0.2, 0.25) is 6.41 Å².